The number of rotatable bonds is 6. The summed E-state index contributed by atoms with van der Waals surface area (Å²) in [5.74, 6) is -0.802. The average molecular weight is 226 g/mol. The molecule has 1 rings (SSSR count). The Labute approximate surface area is 94.9 Å². The number of thiophene rings is 1. The van der Waals surface area contributed by atoms with E-state index in [0.29, 0.717) is 5.56 Å². The third kappa shape index (κ3) is 3.34. The molecule has 0 aromatic carbocycles. The molecule has 0 unspecified atom stereocenters. The molecule has 0 aliphatic rings. The predicted molar refractivity (Wildman–Crippen MR) is 63.9 cm³/mol. The highest BCUT2D eigenvalue weighted by molar-refractivity contribution is 7.10. The van der Waals surface area contributed by atoms with E-state index in [4.69, 9.17) is 5.11 Å². The van der Waals surface area contributed by atoms with Crippen LogP contribution in [0, 0.1) is 6.92 Å². The largest absolute Gasteiger partial charge is 0.478 e. The van der Waals surface area contributed by atoms with Crippen molar-refractivity contribution in [3.05, 3.63) is 21.4 Å². The lowest BCUT2D eigenvalue weighted by molar-refractivity contribution is 0.0696. The van der Waals surface area contributed by atoms with Gasteiger partial charge < -0.3 is 5.11 Å². The first kappa shape index (κ1) is 12.2. The minimum atomic E-state index is -0.802. The second-order valence-corrected chi connectivity index (χ2v) is 4.78. The van der Waals surface area contributed by atoms with Gasteiger partial charge in [0.25, 0.3) is 0 Å². The molecule has 0 saturated heterocycles. The molecule has 1 aromatic rings. The monoisotopic (exact) mass is 226 g/mol. The minimum Gasteiger partial charge on any atom is -0.478 e. The summed E-state index contributed by atoms with van der Waals surface area (Å²) in [5, 5.41) is 10.7. The van der Waals surface area contributed by atoms with Crippen molar-refractivity contribution < 1.29 is 9.90 Å². The zero-order valence-electron chi connectivity index (χ0n) is 9.38. The van der Waals surface area contributed by atoms with Crippen molar-refractivity contribution in [3.8, 4) is 0 Å². The summed E-state index contributed by atoms with van der Waals surface area (Å²) in [6, 6.07) is 0. The first-order valence-corrected chi connectivity index (χ1v) is 6.35. The molecule has 0 radical (unpaired) electrons. The Bertz CT molecular complexity index is 328. The van der Waals surface area contributed by atoms with Gasteiger partial charge in [-0.2, -0.15) is 0 Å². The number of carboxylic acid groups (broad SMARTS) is 1. The van der Waals surface area contributed by atoms with Gasteiger partial charge in [0.2, 0.25) is 0 Å². The summed E-state index contributed by atoms with van der Waals surface area (Å²) in [6.45, 7) is 4.11. The first-order chi connectivity index (χ1) is 7.16. The number of hydrogen-bond acceptors (Lipinski definition) is 2. The number of unbranched alkanes of at least 4 members (excludes halogenated alkanes) is 3. The van der Waals surface area contributed by atoms with E-state index in [9.17, 15) is 4.79 Å². The summed E-state index contributed by atoms with van der Waals surface area (Å²) in [5.41, 5.74) is 1.44. The van der Waals surface area contributed by atoms with Gasteiger partial charge in [0, 0.05) is 10.3 Å². The second-order valence-electron chi connectivity index (χ2n) is 3.81. The van der Waals surface area contributed by atoms with Crippen LogP contribution in [0.4, 0.5) is 0 Å². The second kappa shape index (κ2) is 5.91. The molecule has 1 N–H and O–H groups in total. The Kier molecular flexibility index (Phi) is 4.82. The van der Waals surface area contributed by atoms with E-state index in [1.165, 1.54) is 30.6 Å². The van der Waals surface area contributed by atoms with E-state index < -0.39 is 5.97 Å². The maximum atomic E-state index is 10.8. The maximum absolute atomic E-state index is 10.8. The Morgan fingerprint density at radius 3 is 2.67 bits per heavy atom. The molecule has 0 aliphatic carbocycles. The lowest BCUT2D eigenvalue weighted by Crippen LogP contribution is -1.97. The predicted octanol–water partition coefficient (Wildman–Crippen LogP) is 3.88. The summed E-state index contributed by atoms with van der Waals surface area (Å²) in [6.07, 6.45) is 5.97. The van der Waals surface area contributed by atoms with Gasteiger partial charge in [-0.05, 0) is 25.3 Å². The van der Waals surface area contributed by atoms with Crippen molar-refractivity contribution in [2.45, 2.75) is 46.0 Å². The molecule has 2 nitrogen and oxygen atoms in total. The van der Waals surface area contributed by atoms with Gasteiger partial charge in [-0.1, -0.05) is 26.2 Å². The van der Waals surface area contributed by atoms with Crippen LogP contribution < -0.4 is 0 Å². The van der Waals surface area contributed by atoms with Crippen LogP contribution in [0.2, 0.25) is 0 Å². The van der Waals surface area contributed by atoms with E-state index >= 15 is 0 Å². The number of carbonyl (C=O) groups is 1. The van der Waals surface area contributed by atoms with Gasteiger partial charge in [0.15, 0.2) is 0 Å². The van der Waals surface area contributed by atoms with Crippen molar-refractivity contribution in [2.75, 3.05) is 0 Å². The summed E-state index contributed by atoms with van der Waals surface area (Å²) < 4.78 is 0. The number of aryl methyl sites for hydroxylation is 1. The zero-order valence-corrected chi connectivity index (χ0v) is 10.2. The zero-order chi connectivity index (χ0) is 11.3. The molecule has 0 saturated carbocycles. The molecule has 0 atom stereocenters. The highest BCUT2D eigenvalue weighted by Gasteiger charge is 2.12. The summed E-state index contributed by atoms with van der Waals surface area (Å²) >= 11 is 1.58. The number of aromatic carboxylic acids is 1. The molecule has 0 spiro atoms. The Balaban J connectivity index is 2.51. The third-order valence-electron chi connectivity index (χ3n) is 2.63. The van der Waals surface area contributed by atoms with Crippen LogP contribution in [0.5, 0.6) is 0 Å². The topological polar surface area (TPSA) is 37.3 Å². The molecule has 84 valence electrons. The smallest absolute Gasteiger partial charge is 0.336 e. The summed E-state index contributed by atoms with van der Waals surface area (Å²) in [7, 11) is 0. The number of carboxylic acids is 1. The number of hydrogen-bond donors (Lipinski definition) is 1. The lowest BCUT2D eigenvalue weighted by Gasteiger charge is -2.00. The average Bonchev–Trinajstić information content (AvgIpc) is 2.55. The van der Waals surface area contributed by atoms with Crippen LogP contribution in [-0.2, 0) is 6.42 Å². The Morgan fingerprint density at radius 2 is 2.13 bits per heavy atom. The van der Waals surface area contributed by atoms with Gasteiger partial charge in [-0.15, -0.1) is 11.3 Å². The van der Waals surface area contributed by atoms with Gasteiger partial charge >= 0.3 is 5.97 Å². The minimum absolute atomic E-state index is 0.477. The fourth-order valence-corrected chi connectivity index (χ4v) is 2.71. The van der Waals surface area contributed by atoms with Crippen LogP contribution in [0.3, 0.4) is 0 Å². The van der Waals surface area contributed by atoms with Crippen LogP contribution >= 0.6 is 11.3 Å². The first-order valence-electron chi connectivity index (χ1n) is 5.47. The molecular weight excluding hydrogens is 208 g/mol. The van der Waals surface area contributed by atoms with E-state index in [1.807, 2.05) is 6.92 Å². The molecule has 0 amide bonds. The van der Waals surface area contributed by atoms with Crippen molar-refractivity contribution in [2.24, 2.45) is 0 Å². The molecule has 3 heteroatoms. The molecule has 1 aromatic heterocycles. The molecule has 0 fully saturated rings. The summed E-state index contributed by atoms with van der Waals surface area (Å²) in [4.78, 5) is 12.1. The quantitative estimate of drug-likeness (QED) is 0.747. The highest BCUT2D eigenvalue weighted by Crippen LogP contribution is 2.23. The normalized spacial score (nSPS) is 10.5. The Hall–Kier alpha value is -0.830. The van der Waals surface area contributed by atoms with Crippen LogP contribution in [0.15, 0.2) is 5.38 Å². The fraction of sp³-hybridized carbons (Fsp3) is 0.583. The molecule has 1 heterocycles. The van der Waals surface area contributed by atoms with Gasteiger partial charge in [0.05, 0.1) is 5.56 Å². The lowest BCUT2D eigenvalue weighted by atomic mass is 10.1. The maximum Gasteiger partial charge on any atom is 0.336 e. The van der Waals surface area contributed by atoms with E-state index in [0.717, 1.165) is 12.0 Å². The highest BCUT2D eigenvalue weighted by atomic mass is 32.1. The van der Waals surface area contributed by atoms with Gasteiger partial charge in [-0.3, -0.25) is 0 Å². The fourth-order valence-electron chi connectivity index (χ4n) is 1.63. The van der Waals surface area contributed by atoms with Crippen molar-refractivity contribution in [1.29, 1.82) is 0 Å². The van der Waals surface area contributed by atoms with Crippen LogP contribution in [0.1, 0.15) is 53.4 Å². The third-order valence-corrected chi connectivity index (χ3v) is 3.78. The van der Waals surface area contributed by atoms with Crippen molar-refractivity contribution >= 4 is 17.3 Å². The van der Waals surface area contributed by atoms with Crippen molar-refractivity contribution in [3.63, 3.8) is 0 Å². The van der Waals surface area contributed by atoms with Gasteiger partial charge in [0.1, 0.15) is 0 Å². The molecule has 0 aliphatic heterocycles. The van der Waals surface area contributed by atoms with E-state index in [-0.39, 0.29) is 0 Å². The van der Waals surface area contributed by atoms with Crippen LogP contribution in [0.25, 0.3) is 0 Å². The Morgan fingerprint density at radius 1 is 1.40 bits per heavy atom. The SMILES string of the molecule is CCCCCCc1scc(C(=O)O)c1C. The van der Waals surface area contributed by atoms with E-state index in [2.05, 4.69) is 6.92 Å². The standard InChI is InChI=1S/C12H18O2S/c1-3-4-5-6-7-11-9(2)10(8-15-11)12(13)14/h8H,3-7H2,1-2H3,(H,13,14). The van der Waals surface area contributed by atoms with Crippen LogP contribution in [-0.4, -0.2) is 11.1 Å². The van der Waals surface area contributed by atoms with Gasteiger partial charge in [-0.25, -0.2) is 4.79 Å². The van der Waals surface area contributed by atoms with Crippen molar-refractivity contribution in [1.82, 2.24) is 0 Å². The molecule has 15 heavy (non-hydrogen) atoms. The molecular formula is C12H18O2S. The molecule has 0 bridgehead atoms. The van der Waals surface area contributed by atoms with E-state index in [1.54, 1.807) is 16.7 Å².